The number of amides is 2. The Bertz CT molecular complexity index is 315. The number of hydrogen-bond acceptors (Lipinski definition) is 2. The summed E-state index contributed by atoms with van der Waals surface area (Å²) < 4.78 is 0. The monoisotopic (exact) mass is 238 g/mol. The first-order valence-corrected chi connectivity index (χ1v) is 5.32. The minimum Gasteiger partial charge on any atom is -0.465 e. The minimum atomic E-state index is -1.04. The van der Waals surface area contributed by atoms with E-state index in [0.717, 1.165) is 0 Å². The van der Waals surface area contributed by atoms with Gasteiger partial charge in [-0.2, -0.15) is 0 Å². The summed E-state index contributed by atoms with van der Waals surface area (Å²) in [7, 11) is 0. The van der Waals surface area contributed by atoms with Gasteiger partial charge in [0.2, 0.25) is 6.41 Å². The fourth-order valence-corrected chi connectivity index (χ4v) is 0.979. The Morgan fingerprint density at radius 1 is 1.29 bits per heavy atom. The largest absolute Gasteiger partial charge is 0.465 e. The van der Waals surface area contributed by atoms with Gasteiger partial charge in [-0.05, 0) is 13.3 Å². The third kappa shape index (κ3) is 11.9. The number of carbonyl (C=O) groups excluding carboxylic acids is 1. The molecule has 0 saturated carbocycles. The summed E-state index contributed by atoms with van der Waals surface area (Å²) in [5.74, 6) is 0. The summed E-state index contributed by atoms with van der Waals surface area (Å²) in [4.78, 5) is 19.5. The molecule has 0 radical (unpaired) electrons. The van der Waals surface area contributed by atoms with Crippen LogP contribution < -0.4 is 10.6 Å². The Balaban J connectivity index is 0.000000318. The number of hydrogen-bond donors (Lipinski definition) is 3. The van der Waals surface area contributed by atoms with Gasteiger partial charge in [-0.1, -0.05) is 35.9 Å². The van der Waals surface area contributed by atoms with E-state index in [9.17, 15) is 9.59 Å². The molecule has 0 unspecified atom stereocenters. The summed E-state index contributed by atoms with van der Waals surface area (Å²) in [6, 6.07) is 10.3. The molecule has 0 heterocycles. The van der Waals surface area contributed by atoms with Gasteiger partial charge >= 0.3 is 6.09 Å². The van der Waals surface area contributed by atoms with Crippen molar-refractivity contribution < 1.29 is 14.7 Å². The van der Waals surface area contributed by atoms with Crippen molar-refractivity contribution in [1.29, 1.82) is 0 Å². The number of carboxylic acid groups (broad SMARTS) is 1. The van der Waals surface area contributed by atoms with Crippen LogP contribution in [0, 0.1) is 6.92 Å². The Kier molecular flexibility index (Phi) is 9.22. The van der Waals surface area contributed by atoms with Crippen molar-refractivity contribution in [1.82, 2.24) is 10.6 Å². The van der Waals surface area contributed by atoms with Gasteiger partial charge in [-0.3, -0.25) is 4.79 Å². The van der Waals surface area contributed by atoms with E-state index in [-0.39, 0.29) is 0 Å². The van der Waals surface area contributed by atoms with E-state index in [1.165, 1.54) is 5.56 Å². The van der Waals surface area contributed by atoms with E-state index in [1.807, 2.05) is 18.2 Å². The first kappa shape index (κ1) is 15.0. The molecule has 94 valence electrons. The van der Waals surface area contributed by atoms with Crippen LogP contribution in [-0.4, -0.2) is 30.7 Å². The maximum absolute atomic E-state index is 9.83. The molecular weight excluding hydrogens is 220 g/mol. The van der Waals surface area contributed by atoms with Gasteiger partial charge in [0.15, 0.2) is 0 Å². The lowest BCUT2D eigenvalue weighted by atomic mass is 10.2. The number of rotatable bonds is 5. The van der Waals surface area contributed by atoms with Gasteiger partial charge in [0.1, 0.15) is 0 Å². The van der Waals surface area contributed by atoms with Crippen LogP contribution in [0.3, 0.4) is 0 Å². The van der Waals surface area contributed by atoms with Crippen LogP contribution in [0.4, 0.5) is 4.79 Å². The summed E-state index contributed by atoms with van der Waals surface area (Å²) in [5.41, 5.74) is 1.32. The summed E-state index contributed by atoms with van der Waals surface area (Å²) >= 11 is 0. The van der Waals surface area contributed by atoms with Crippen LogP contribution in [0.1, 0.15) is 12.0 Å². The van der Waals surface area contributed by atoms with Crippen LogP contribution in [0.25, 0.3) is 0 Å². The van der Waals surface area contributed by atoms with Crippen molar-refractivity contribution >= 4 is 12.5 Å². The highest BCUT2D eigenvalue weighted by atomic mass is 16.4. The van der Waals surface area contributed by atoms with E-state index in [4.69, 9.17) is 5.11 Å². The third-order valence-corrected chi connectivity index (χ3v) is 1.80. The lowest BCUT2D eigenvalue weighted by Crippen LogP contribution is -2.25. The van der Waals surface area contributed by atoms with Gasteiger partial charge in [0.25, 0.3) is 0 Å². The Morgan fingerprint density at radius 3 is 2.35 bits per heavy atom. The molecule has 0 aliphatic carbocycles. The molecule has 0 fully saturated rings. The smallest absolute Gasteiger partial charge is 0.404 e. The maximum atomic E-state index is 9.83. The number of aryl methyl sites for hydroxylation is 1. The zero-order chi connectivity index (χ0) is 12.9. The Labute approximate surface area is 101 Å². The lowest BCUT2D eigenvalue weighted by molar-refractivity contribution is -0.109. The molecule has 0 bridgehead atoms. The highest BCUT2D eigenvalue weighted by Gasteiger charge is 1.90. The molecule has 0 saturated heterocycles. The SMILES string of the molecule is Cc1ccccc1.O=CNCCCNC(=O)O. The van der Waals surface area contributed by atoms with Crippen molar-refractivity contribution in [2.45, 2.75) is 13.3 Å². The molecule has 2 amide bonds. The van der Waals surface area contributed by atoms with Crippen LogP contribution in [0.5, 0.6) is 0 Å². The molecule has 5 heteroatoms. The number of benzene rings is 1. The molecule has 1 aromatic carbocycles. The normalized spacial score (nSPS) is 8.53. The first-order valence-electron chi connectivity index (χ1n) is 5.32. The maximum Gasteiger partial charge on any atom is 0.404 e. The van der Waals surface area contributed by atoms with Gasteiger partial charge in [-0.15, -0.1) is 0 Å². The molecule has 0 aromatic heterocycles. The fourth-order valence-electron chi connectivity index (χ4n) is 0.979. The van der Waals surface area contributed by atoms with Crippen LogP contribution >= 0.6 is 0 Å². The van der Waals surface area contributed by atoms with Gasteiger partial charge in [-0.25, -0.2) is 4.79 Å². The highest BCUT2D eigenvalue weighted by molar-refractivity contribution is 5.64. The molecule has 1 rings (SSSR count). The fraction of sp³-hybridized carbons (Fsp3) is 0.333. The van der Waals surface area contributed by atoms with Crippen molar-refractivity contribution in [2.24, 2.45) is 0 Å². The molecule has 0 aliphatic rings. The standard InChI is InChI=1S/C7H8.C5H10N2O3/c1-7-5-3-2-4-6-7;8-4-6-2-1-3-7-5(9)10/h2-6H,1H3;4,7H,1-3H2,(H,6,8)(H,9,10). The predicted octanol–water partition coefficient (Wildman–Crippen LogP) is 1.39. The molecule has 5 nitrogen and oxygen atoms in total. The highest BCUT2D eigenvalue weighted by Crippen LogP contribution is 1.92. The molecule has 1 aromatic rings. The van der Waals surface area contributed by atoms with E-state index < -0.39 is 6.09 Å². The second-order valence-electron chi connectivity index (χ2n) is 3.31. The average Bonchev–Trinajstić information content (AvgIpc) is 2.30. The molecule has 0 aliphatic heterocycles. The zero-order valence-corrected chi connectivity index (χ0v) is 9.85. The predicted molar refractivity (Wildman–Crippen MR) is 65.9 cm³/mol. The number of carbonyl (C=O) groups is 2. The first-order chi connectivity index (χ1) is 8.16. The molecular formula is C12H18N2O3. The molecule has 3 N–H and O–H groups in total. The van der Waals surface area contributed by atoms with Gasteiger partial charge in [0, 0.05) is 13.1 Å². The summed E-state index contributed by atoms with van der Waals surface area (Å²) in [6.45, 7) is 2.96. The molecule has 0 atom stereocenters. The Morgan fingerprint density at radius 2 is 1.94 bits per heavy atom. The number of nitrogens with one attached hydrogen (secondary N) is 2. The Hall–Kier alpha value is -2.04. The van der Waals surface area contributed by atoms with Crippen LogP contribution in [-0.2, 0) is 4.79 Å². The minimum absolute atomic E-state index is 0.371. The van der Waals surface area contributed by atoms with Crippen molar-refractivity contribution in [3.05, 3.63) is 35.9 Å². The van der Waals surface area contributed by atoms with Crippen molar-refractivity contribution in [3.8, 4) is 0 Å². The van der Waals surface area contributed by atoms with E-state index in [0.29, 0.717) is 25.9 Å². The van der Waals surface area contributed by atoms with Crippen molar-refractivity contribution in [2.75, 3.05) is 13.1 Å². The van der Waals surface area contributed by atoms with E-state index in [1.54, 1.807) is 0 Å². The van der Waals surface area contributed by atoms with Crippen molar-refractivity contribution in [3.63, 3.8) is 0 Å². The van der Waals surface area contributed by atoms with Crippen LogP contribution in [0.15, 0.2) is 30.3 Å². The zero-order valence-electron chi connectivity index (χ0n) is 9.85. The van der Waals surface area contributed by atoms with Gasteiger partial charge < -0.3 is 15.7 Å². The second-order valence-corrected chi connectivity index (χ2v) is 3.31. The molecule has 17 heavy (non-hydrogen) atoms. The van der Waals surface area contributed by atoms with Gasteiger partial charge in [0.05, 0.1) is 0 Å². The summed E-state index contributed by atoms with van der Waals surface area (Å²) in [5, 5.41) is 12.6. The van der Waals surface area contributed by atoms with Crippen LogP contribution in [0.2, 0.25) is 0 Å². The molecule has 0 spiro atoms. The average molecular weight is 238 g/mol. The van der Waals surface area contributed by atoms with E-state index in [2.05, 4.69) is 29.7 Å². The lowest BCUT2D eigenvalue weighted by Gasteiger charge is -1.98. The third-order valence-electron chi connectivity index (χ3n) is 1.80. The van der Waals surface area contributed by atoms with E-state index >= 15 is 0 Å². The second kappa shape index (κ2) is 10.5. The quantitative estimate of drug-likeness (QED) is 0.535. The topological polar surface area (TPSA) is 78.4 Å². The summed E-state index contributed by atoms with van der Waals surface area (Å²) in [6.07, 6.45) is 0.164.